The Morgan fingerprint density at radius 3 is 2.61 bits per heavy atom. The number of allylic oxidation sites excluding steroid dienone is 1. The molecule has 144 valence electrons. The molecular weight excluding hydrogens is 399 g/mol. The number of hydrogen-bond donors (Lipinski definition) is 0. The van der Waals surface area contributed by atoms with Gasteiger partial charge in [-0.25, -0.2) is 0 Å². The molecule has 1 aromatic heterocycles. The lowest BCUT2D eigenvalue weighted by Gasteiger charge is -2.12. The molecule has 28 heavy (non-hydrogen) atoms. The number of ketones is 1. The normalized spacial score (nSPS) is 11.0. The number of aryl methyl sites for hydroxylation is 1. The summed E-state index contributed by atoms with van der Waals surface area (Å²) >= 11 is 12.1. The Morgan fingerprint density at radius 1 is 1.14 bits per heavy atom. The zero-order chi connectivity index (χ0) is 20.1. The van der Waals surface area contributed by atoms with Crippen LogP contribution in [0, 0.1) is 0 Å². The lowest BCUT2D eigenvalue weighted by Crippen LogP contribution is -2.00. The van der Waals surface area contributed by atoms with E-state index in [1.54, 1.807) is 38.6 Å². The molecule has 2 aromatic carbocycles. The molecule has 0 amide bonds. The summed E-state index contributed by atoms with van der Waals surface area (Å²) in [4.78, 5) is 12.3. The van der Waals surface area contributed by atoms with Crippen molar-refractivity contribution in [1.29, 1.82) is 0 Å². The highest BCUT2D eigenvalue weighted by Gasteiger charge is 2.12. The van der Waals surface area contributed by atoms with Crippen LogP contribution in [0.3, 0.4) is 0 Å². The second-order valence-electron chi connectivity index (χ2n) is 5.99. The molecule has 0 bridgehead atoms. The van der Waals surface area contributed by atoms with Crippen LogP contribution in [-0.2, 0) is 13.7 Å². The summed E-state index contributed by atoms with van der Waals surface area (Å²) in [6.07, 6.45) is 4.72. The minimum absolute atomic E-state index is 0.219. The zero-order valence-corrected chi connectivity index (χ0v) is 16.9. The van der Waals surface area contributed by atoms with Crippen LogP contribution in [0.15, 0.2) is 54.7 Å². The molecule has 0 radical (unpaired) electrons. The molecule has 0 atom stereocenters. The summed E-state index contributed by atoms with van der Waals surface area (Å²) in [5, 5.41) is 4.93. The Kier molecular flexibility index (Phi) is 6.39. The molecule has 5 nitrogen and oxygen atoms in total. The van der Waals surface area contributed by atoms with Crippen molar-refractivity contribution in [3.8, 4) is 11.5 Å². The molecule has 0 aliphatic carbocycles. The molecule has 0 saturated heterocycles. The van der Waals surface area contributed by atoms with E-state index in [2.05, 4.69) is 5.10 Å². The van der Waals surface area contributed by atoms with Crippen LogP contribution in [0.25, 0.3) is 6.08 Å². The smallest absolute Gasteiger partial charge is 0.207 e. The highest BCUT2D eigenvalue weighted by molar-refractivity contribution is 6.34. The molecule has 3 aromatic rings. The number of aromatic nitrogens is 2. The van der Waals surface area contributed by atoms with Crippen molar-refractivity contribution < 1.29 is 14.3 Å². The topological polar surface area (TPSA) is 53.3 Å². The summed E-state index contributed by atoms with van der Waals surface area (Å²) in [6, 6.07) is 12.8. The summed E-state index contributed by atoms with van der Waals surface area (Å²) < 4.78 is 12.7. The molecule has 0 fully saturated rings. The number of carbonyl (C=O) groups is 1. The number of hydrogen-bond acceptors (Lipinski definition) is 4. The van der Waals surface area contributed by atoms with Gasteiger partial charge in [-0.05, 0) is 35.9 Å². The third-order valence-electron chi connectivity index (χ3n) is 3.97. The van der Waals surface area contributed by atoms with E-state index in [1.807, 2.05) is 30.3 Å². The number of nitrogens with zero attached hydrogens (tertiary/aromatic N) is 2. The van der Waals surface area contributed by atoms with Crippen LogP contribution in [0.2, 0.25) is 10.0 Å². The predicted molar refractivity (Wildman–Crippen MR) is 110 cm³/mol. The van der Waals surface area contributed by atoms with Crippen LogP contribution < -0.4 is 9.47 Å². The van der Waals surface area contributed by atoms with Gasteiger partial charge in [-0.2, -0.15) is 5.10 Å². The first-order chi connectivity index (χ1) is 13.5. The van der Waals surface area contributed by atoms with Gasteiger partial charge in [0.2, 0.25) is 5.78 Å². The molecule has 7 heteroatoms. The van der Waals surface area contributed by atoms with Crippen LogP contribution in [0.1, 0.15) is 21.6 Å². The van der Waals surface area contributed by atoms with Gasteiger partial charge in [0.15, 0.2) is 5.69 Å². The Bertz CT molecular complexity index is 1030. The first-order valence-corrected chi connectivity index (χ1v) is 9.19. The van der Waals surface area contributed by atoms with Gasteiger partial charge in [-0.3, -0.25) is 9.48 Å². The van der Waals surface area contributed by atoms with E-state index in [0.717, 1.165) is 11.1 Å². The Hall–Kier alpha value is -2.76. The van der Waals surface area contributed by atoms with Crippen molar-refractivity contribution in [2.45, 2.75) is 6.61 Å². The number of carbonyl (C=O) groups excluding carboxylic acids is 1. The van der Waals surface area contributed by atoms with E-state index in [-0.39, 0.29) is 18.1 Å². The Labute approximate surface area is 173 Å². The number of ether oxygens (including phenoxy) is 2. The SMILES string of the molecule is COc1ccc(/C=C/C(=O)c2nn(C)cc2Cl)cc1COc1ccccc1Cl. The van der Waals surface area contributed by atoms with Crippen LogP contribution in [0.5, 0.6) is 11.5 Å². The average molecular weight is 417 g/mol. The van der Waals surface area contributed by atoms with Crippen molar-refractivity contribution in [3.05, 3.63) is 81.6 Å². The maximum atomic E-state index is 12.3. The minimum Gasteiger partial charge on any atom is -0.496 e. The summed E-state index contributed by atoms with van der Waals surface area (Å²) in [5.74, 6) is 1.01. The quantitative estimate of drug-likeness (QED) is 0.391. The van der Waals surface area contributed by atoms with Gasteiger partial charge in [0.05, 0.1) is 17.2 Å². The van der Waals surface area contributed by atoms with Gasteiger partial charge < -0.3 is 9.47 Å². The number of para-hydroxylation sites is 1. The van der Waals surface area contributed by atoms with Crippen LogP contribution >= 0.6 is 23.2 Å². The number of benzene rings is 2. The summed E-state index contributed by atoms with van der Waals surface area (Å²) in [7, 11) is 3.30. The molecule has 1 heterocycles. The number of halogens is 2. The second-order valence-corrected chi connectivity index (χ2v) is 6.80. The van der Waals surface area contributed by atoms with Gasteiger partial charge in [-0.15, -0.1) is 0 Å². The van der Waals surface area contributed by atoms with E-state index >= 15 is 0 Å². The van der Waals surface area contributed by atoms with Crippen LogP contribution in [0.4, 0.5) is 0 Å². The van der Waals surface area contributed by atoms with Gasteiger partial charge in [0, 0.05) is 18.8 Å². The van der Waals surface area contributed by atoms with Crippen molar-refractivity contribution in [3.63, 3.8) is 0 Å². The standard InChI is InChI=1S/C21H18Cl2N2O3/c1-25-12-17(23)21(24-25)18(26)9-7-14-8-10-19(27-2)15(11-14)13-28-20-6-4-3-5-16(20)22/h3-12H,13H2,1-2H3/b9-7+. The fourth-order valence-corrected chi connectivity index (χ4v) is 3.07. The average Bonchev–Trinajstić information content (AvgIpc) is 3.03. The zero-order valence-electron chi connectivity index (χ0n) is 15.4. The van der Waals surface area contributed by atoms with Crippen LogP contribution in [-0.4, -0.2) is 22.7 Å². The first-order valence-electron chi connectivity index (χ1n) is 8.43. The van der Waals surface area contributed by atoms with Crippen molar-refractivity contribution in [1.82, 2.24) is 9.78 Å². The number of rotatable bonds is 7. The fraction of sp³-hybridized carbons (Fsp3) is 0.143. The maximum absolute atomic E-state index is 12.3. The lowest BCUT2D eigenvalue weighted by molar-refractivity contribution is 0.104. The molecule has 0 saturated carbocycles. The Morgan fingerprint density at radius 2 is 1.93 bits per heavy atom. The first kappa shape index (κ1) is 20.0. The van der Waals surface area contributed by atoms with E-state index in [9.17, 15) is 4.79 Å². The molecule has 0 aliphatic rings. The highest BCUT2D eigenvalue weighted by atomic mass is 35.5. The van der Waals surface area contributed by atoms with Gasteiger partial charge in [-0.1, -0.05) is 47.5 Å². The summed E-state index contributed by atoms with van der Waals surface area (Å²) in [5.41, 5.74) is 1.86. The molecule has 0 N–H and O–H groups in total. The van der Waals surface area contributed by atoms with Crippen molar-refractivity contribution in [2.24, 2.45) is 7.05 Å². The fourth-order valence-electron chi connectivity index (χ4n) is 2.61. The molecule has 0 aliphatic heterocycles. The van der Waals surface area contributed by atoms with Gasteiger partial charge in [0.1, 0.15) is 18.1 Å². The molecule has 0 spiro atoms. The molecule has 3 rings (SSSR count). The summed E-state index contributed by atoms with van der Waals surface area (Å²) in [6.45, 7) is 0.272. The maximum Gasteiger partial charge on any atom is 0.207 e. The molecule has 0 unspecified atom stereocenters. The van der Waals surface area contributed by atoms with Gasteiger partial charge in [0.25, 0.3) is 0 Å². The van der Waals surface area contributed by atoms with E-state index in [1.165, 1.54) is 10.8 Å². The minimum atomic E-state index is -0.268. The largest absolute Gasteiger partial charge is 0.496 e. The lowest BCUT2D eigenvalue weighted by atomic mass is 10.1. The van der Waals surface area contributed by atoms with Gasteiger partial charge >= 0.3 is 0 Å². The van der Waals surface area contributed by atoms with E-state index in [0.29, 0.717) is 21.5 Å². The third-order valence-corrected chi connectivity index (χ3v) is 4.56. The van der Waals surface area contributed by atoms with Crippen molar-refractivity contribution in [2.75, 3.05) is 7.11 Å². The second kappa shape index (κ2) is 8.95. The highest BCUT2D eigenvalue weighted by Crippen LogP contribution is 2.27. The predicted octanol–water partition coefficient (Wildman–Crippen LogP) is 5.21. The van der Waals surface area contributed by atoms with Crippen molar-refractivity contribution >= 4 is 35.1 Å². The Balaban J connectivity index is 1.77. The van der Waals surface area contributed by atoms with E-state index < -0.39 is 0 Å². The van der Waals surface area contributed by atoms with E-state index in [4.69, 9.17) is 32.7 Å². The molecular formula is C21H18Cl2N2O3. The monoisotopic (exact) mass is 416 g/mol. The number of methoxy groups -OCH3 is 1. The third kappa shape index (κ3) is 4.74.